The number of anilines is 2. The molecule has 0 spiro atoms. The SMILES string of the molecule is C=C(CC)c1cnc(Cl)c2c1Nc1c(OC)cccc1O2. The fourth-order valence-corrected chi connectivity index (χ4v) is 2.45. The lowest BCUT2D eigenvalue weighted by Crippen LogP contribution is -2.08. The van der Waals surface area contributed by atoms with Crippen molar-refractivity contribution in [2.24, 2.45) is 0 Å². The fraction of sp³-hybridized carbons (Fsp3) is 0.188. The number of allylic oxidation sites excluding steroid dienone is 1. The number of methoxy groups -OCH3 is 1. The Labute approximate surface area is 128 Å². The molecule has 0 saturated heterocycles. The van der Waals surface area contributed by atoms with Crippen LogP contribution in [0.5, 0.6) is 17.2 Å². The van der Waals surface area contributed by atoms with Gasteiger partial charge in [0.05, 0.1) is 12.8 Å². The van der Waals surface area contributed by atoms with Gasteiger partial charge in [-0.3, -0.25) is 0 Å². The molecule has 0 fully saturated rings. The molecule has 1 aliphatic rings. The molecular weight excluding hydrogens is 288 g/mol. The number of nitrogens with one attached hydrogen (secondary N) is 1. The quantitative estimate of drug-likeness (QED) is 0.690. The summed E-state index contributed by atoms with van der Waals surface area (Å²) in [4.78, 5) is 4.19. The van der Waals surface area contributed by atoms with Crippen molar-refractivity contribution in [3.05, 3.63) is 41.7 Å². The Bertz CT molecular complexity index is 728. The lowest BCUT2D eigenvalue weighted by molar-refractivity contribution is 0.410. The van der Waals surface area contributed by atoms with Crippen LogP contribution in [0.2, 0.25) is 5.15 Å². The van der Waals surface area contributed by atoms with Crippen molar-refractivity contribution in [1.29, 1.82) is 0 Å². The summed E-state index contributed by atoms with van der Waals surface area (Å²) in [6.07, 6.45) is 2.53. The molecule has 1 N–H and O–H groups in total. The summed E-state index contributed by atoms with van der Waals surface area (Å²) in [5, 5.41) is 3.67. The highest BCUT2D eigenvalue weighted by Gasteiger charge is 2.25. The van der Waals surface area contributed by atoms with Gasteiger partial charge in [-0.2, -0.15) is 0 Å². The summed E-state index contributed by atoms with van der Waals surface area (Å²) in [7, 11) is 1.62. The van der Waals surface area contributed by atoms with Gasteiger partial charge in [0.2, 0.25) is 0 Å². The van der Waals surface area contributed by atoms with E-state index in [2.05, 4.69) is 16.9 Å². The first-order valence-corrected chi connectivity index (χ1v) is 7.02. The van der Waals surface area contributed by atoms with Gasteiger partial charge in [0.1, 0.15) is 11.4 Å². The van der Waals surface area contributed by atoms with Crippen molar-refractivity contribution in [3.63, 3.8) is 0 Å². The third-order valence-corrected chi connectivity index (χ3v) is 3.74. The van der Waals surface area contributed by atoms with Crippen molar-refractivity contribution in [3.8, 4) is 17.2 Å². The molecule has 3 rings (SSSR count). The molecule has 5 heteroatoms. The molecule has 0 saturated carbocycles. The van der Waals surface area contributed by atoms with E-state index in [9.17, 15) is 0 Å². The number of hydrogen-bond acceptors (Lipinski definition) is 4. The maximum absolute atomic E-state index is 6.17. The molecule has 0 unspecified atom stereocenters. The molecule has 1 aromatic carbocycles. The molecule has 2 aromatic rings. The number of para-hydroxylation sites is 1. The highest BCUT2D eigenvalue weighted by atomic mass is 35.5. The zero-order chi connectivity index (χ0) is 15.0. The molecule has 1 aliphatic heterocycles. The van der Waals surface area contributed by atoms with Crippen LogP contribution >= 0.6 is 11.6 Å². The summed E-state index contributed by atoms with van der Waals surface area (Å²) in [5.41, 5.74) is 3.41. The maximum atomic E-state index is 6.17. The normalized spacial score (nSPS) is 11.8. The summed E-state index contributed by atoms with van der Waals surface area (Å²) in [6, 6.07) is 5.59. The van der Waals surface area contributed by atoms with Crippen molar-refractivity contribution in [2.75, 3.05) is 12.4 Å². The third-order valence-electron chi connectivity index (χ3n) is 3.47. The number of ether oxygens (including phenoxy) is 2. The topological polar surface area (TPSA) is 43.4 Å². The number of rotatable bonds is 3. The molecule has 4 nitrogen and oxygen atoms in total. The molecule has 2 heterocycles. The number of pyridine rings is 1. The average Bonchev–Trinajstić information content (AvgIpc) is 2.52. The van der Waals surface area contributed by atoms with Gasteiger partial charge >= 0.3 is 0 Å². The van der Waals surface area contributed by atoms with Crippen LogP contribution < -0.4 is 14.8 Å². The van der Waals surface area contributed by atoms with Crippen molar-refractivity contribution in [1.82, 2.24) is 4.98 Å². The maximum Gasteiger partial charge on any atom is 0.188 e. The van der Waals surface area contributed by atoms with Crippen LogP contribution in [-0.2, 0) is 0 Å². The van der Waals surface area contributed by atoms with E-state index < -0.39 is 0 Å². The molecule has 108 valence electrons. The fourth-order valence-electron chi connectivity index (χ4n) is 2.27. The first kappa shape index (κ1) is 13.8. The highest BCUT2D eigenvalue weighted by molar-refractivity contribution is 6.31. The standard InChI is InChI=1S/C16H15ClN2O2/c1-4-9(2)10-8-18-16(17)15-13(10)19-14-11(20-3)6-5-7-12(14)21-15/h5-8,19H,2,4H2,1,3H3. The van der Waals surface area contributed by atoms with Crippen molar-refractivity contribution in [2.45, 2.75) is 13.3 Å². The number of halogens is 1. The molecule has 0 bridgehead atoms. The van der Waals surface area contributed by atoms with E-state index in [1.807, 2.05) is 25.1 Å². The zero-order valence-electron chi connectivity index (χ0n) is 11.9. The van der Waals surface area contributed by atoms with Gasteiger partial charge < -0.3 is 14.8 Å². The Balaban J connectivity index is 2.17. The number of benzene rings is 1. The largest absolute Gasteiger partial charge is 0.494 e. The monoisotopic (exact) mass is 302 g/mol. The molecule has 0 amide bonds. The minimum absolute atomic E-state index is 0.318. The van der Waals surface area contributed by atoms with E-state index in [0.29, 0.717) is 22.4 Å². The summed E-state index contributed by atoms with van der Waals surface area (Å²) < 4.78 is 11.3. The summed E-state index contributed by atoms with van der Waals surface area (Å²) in [6.45, 7) is 6.11. The highest BCUT2D eigenvalue weighted by Crippen LogP contribution is 2.50. The smallest absolute Gasteiger partial charge is 0.188 e. The van der Waals surface area contributed by atoms with E-state index in [1.54, 1.807) is 13.3 Å². The minimum Gasteiger partial charge on any atom is -0.494 e. The molecule has 0 atom stereocenters. The van der Waals surface area contributed by atoms with Crippen LogP contribution in [0.3, 0.4) is 0 Å². The first-order valence-electron chi connectivity index (χ1n) is 6.64. The average molecular weight is 303 g/mol. The van der Waals surface area contributed by atoms with Gasteiger partial charge in [0.25, 0.3) is 0 Å². The molecule has 1 aromatic heterocycles. The Morgan fingerprint density at radius 1 is 1.43 bits per heavy atom. The second-order valence-corrected chi connectivity index (χ2v) is 5.04. The number of aromatic nitrogens is 1. The van der Waals surface area contributed by atoms with Gasteiger partial charge in [-0.1, -0.05) is 31.2 Å². The van der Waals surface area contributed by atoms with E-state index in [0.717, 1.165) is 28.9 Å². The predicted octanol–water partition coefficient (Wildman–Crippen LogP) is 5.02. The van der Waals surface area contributed by atoms with Crippen LogP contribution in [0.4, 0.5) is 11.4 Å². The number of hydrogen-bond donors (Lipinski definition) is 1. The van der Waals surface area contributed by atoms with Crippen molar-refractivity contribution < 1.29 is 9.47 Å². The Morgan fingerprint density at radius 2 is 2.24 bits per heavy atom. The lowest BCUT2D eigenvalue weighted by Gasteiger charge is -2.26. The van der Waals surface area contributed by atoms with E-state index in [-0.39, 0.29) is 0 Å². The van der Waals surface area contributed by atoms with Crippen LogP contribution in [0.25, 0.3) is 5.57 Å². The first-order chi connectivity index (χ1) is 10.2. The molecule has 0 radical (unpaired) electrons. The van der Waals surface area contributed by atoms with Gasteiger partial charge in [0.15, 0.2) is 16.7 Å². The third kappa shape index (κ3) is 2.21. The molecule has 21 heavy (non-hydrogen) atoms. The van der Waals surface area contributed by atoms with E-state index >= 15 is 0 Å². The van der Waals surface area contributed by atoms with Gasteiger partial charge in [-0.05, 0) is 24.1 Å². The number of fused-ring (bicyclic) bond motifs is 2. The second kappa shape index (κ2) is 5.30. The Morgan fingerprint density at radius 3 is 2.95 bits per heavy atom. The lowest BCUT2D eigenvalue weighted by atomic mass is 10.0. The van der Waals surface area contributed by atoms with Gasteiger partial charge in [-0.25, -0.2) is 4.98 Å². The molecular formula is C16H15ClN2O2. The van der Waals surface area contributed by atoms with Crippen LogP contribution in [-0.4, -0.2) is 12.1 Å². The van der Waals surface area contributed by atoms with Gasteiger partial charge in [-0.15, -0.1) is 0 Å². The van der Waals surface area contributed by atoms with Crippen molar-refractivity contribution >= 4 is 28.5 Å². The summed E-state index contributed by atoms with van der Waals surface area (Å²) >= 11 is 6.17. The van der Waals surface area contributed by atoms with E-state index in [1.165, 1.54) is 0 Å². The van der Waals surface area contributed by atoms with Crippen LogP contribution in [0.15, 0.2) is 31.0 Å². The second-order valence-electron chi connectivity index (χ2n) is 4.68. The predicted molar refractivity (Wildman–Crippen MR) is 84.9 cm³/mol. The minimum atomic E-state index is 0.318. The van der Waals surface area contributed by atoms with Gasteiger partial charge in [0, 0.05) is 11.8 Å². The van der Waals surface area contributed by atoms with E-state index in [4.69, 9.17) is 21.1 Å². The number of nitrogens with zero attached hydrogens (tertiary/aromatic N) is 1. The summed E-state index contributed by atoms with van der Waals surface area (Å²) in [5.74, 6) is 1.88. The zero-order valence-corrected chi connectivity index (χ0v) is 12.6. The molecule has 0 aliphatic carbocycles. The Hall–Kier alpha value is -2.20. The van der Waals surface area contributed by atoms with Crippen LogP contribution in [0.1, 0.15) is 18.9 Å². The van der Waals surface area contributed by atoms with Crippen LogP contribution in [0, 0.1) is 0 Å². The Kier molecular flexibility index (Phi) is 3.47.